The molecular weight excluding hydrogens is 235 g/mol. The molecule has 0 saturated carbocycles. The van der Waals surface area contributed by atoms with E-state index in [1.54, 1.807) is 31.2 Å². The third-order valence-electron chi connectivity index (χ3n) is 2.66. The SMILES string of the molecule is CC[C@](C)(C(=O)O)c1ccc(Cl)cc1.Cl. The molecule has 1 atom stereocenters. The van der Waals surface area contributed by atoms with E-state index in [1.165, 1.54) is 0 Å². The van der Waals surface area contributed by atoms with Crippen LogP contribution in [-0.4, -0.2) is 11.1 Å². The van der Waals surface area contributed by atoms with Crippen molar-refractivity contribution in [3.8, 4) is 0 Å². The number of hydrogen-bond acceptors (Lipinski definition) is 1. The molecule has 0 aromatic heterocycles. The van der Waals surface area contributed by atoms with E-state index in [0.717, 1.165) is 5.56 Å². The smallest absolute Gasteiger partial charge is 0.313 e. The largest absolute Gasteiger partial charge is 0.481 e. The molecule has 0 heterocycles. The maximum atomic E-state index is 11.1. The molecule has 1 N–H and O–H groups in total. The van der Waals surface area contributed by atoms with Gasteiger partial charge in [0.25, 0.3) is 0 Å². The van der Waals surface area contributed by atoms with Gasteiger partial charge in [-0.3, -0.25) is 4.79 Å². The van der Waals surface area contributed by atoms with Crippen LogP contribution in [0.2, 0.25) is 5.02 Å². The lowest BCUT2D eigenvalue weighted by atomic mass is 9.80. The minimum absolute atomic E-state index is 0. The van der Waals surface area contributed by atoms with Gasteiger partial charge in [0.1, 0.15) is 0 Å². The molecule has 0 unspecified atom stereocenters. The Bertz CT molecular complexity index is 335. The van der Waals surface area contributed by atoms with Crippen LogP contribution in [0.4, 0.5) is 0 Å². The van der Waals surface area contributed by atoms with E-state index in [9.17, 15) is 4.79 Å². The van der Waals surface area contributed by atoms with Crippen LogP contribution in [0.1, 0.15) is 25.8 Å². The summed E-state index contributed by atoms with van der Waals surface area (Å²) >= 11 is 5.74. The zero-order valence-corrected chi connectivity index (χ0v) is 10.2. The van der Waals surface area contributed by atoms with Gasteiger partial charge >= 0.3 is 5.97 Å². The van der Waals surface area contributed by atoms with Crippen LogP contribution in [0.25, 0.3) is 0 Å². The Hall–Kier alpha value is -0.730. The van der Waals surface area contributed by atoms with Gasteiger partial charge in [-0.25, -0.2) is 0 Å². The lowest BCUT2D eigenvalue weighted by molar-refractivity contribution is -0.143. The molecule has 0 aliphatic heterocycles. The minimum atomic E-state index is -0.815. The first-order valence-electron chi connectivity index (χ1n) is 4.50. The van der Waals surface area contributed by atoms with Crippen LogP contribution in [0.15, 0.2) is 24.3 Å². The molecule has 1 aromatic rings. The first-order chi connectivity index (χ1) is 6.50. The minimum Gasteiger partial charge on any atom is -0.481 e. The molecule has 0 spiro atoms. The Kier molecular flexibility index (Phi) is 5.12. The molecule has 2 nitrogen and oxygen atoms in total. The molecule has 0 bridgehead atoms. The number of benzene rings is 1. The van der Waals surface area contributed by atoms with Gasteiger partial charge in [0, 0.05) is 5.02 Å². The van der Waals surface area contributed by atoms with Crippen LogP contribution in [0.5, 0.6) is 0 Å². The van der Waals surface area contributed by atoms with E-state index in [0.29, 0.717) is 11.4 Å². The summed E-state index contributed by atoms with van der Waals surface area (Å²) in [4.78, 5) is 11.1. The summed E-state index contributed by atoms with van der Waals surface area (Å²) in [5.41, 5.74) is -0.0261. The highest BCUT2D eigenvalue weighted by Crippen LogP contribution is 2.28. The van der Waals surface area contributed by atoms with Crippen LogP contribution in [0.3, 0.4) is 0 Å². The van der Waals surface area contributed by atoms with Crippen molar-refractivity contribution in [3.05, 3.63) is 34.9 Å². The number of rotatable bonds is 3. The first-order valence-corrected chi connectivity index (χ1v) is 4.88. The Morgan fingerprint density at radius 2 is 1.87 bits per heavy atom. The van der Waals surface area contributed by atoms with E-state index in [-0.39, 0.29) is 12.4 Å². The molecule has 0 radical (unpaired) electrons. The van der Waals surface area contributed by atoms with Gasteiger partial charge in [0.15, 0.2) is 0 Å². The lowest BCUT2D eigenvalue weighted by Crippen LogP contribution is -2.31. The summed E-state index contributed by atoms with van der Waals surface area (Å²) in [7, 11) is 0. The third-order valence-corrected chi connectivity index (χ3v) is 2.91. The summed E-state index contributed by atoms with van der Waals surface area (Å²) in [6, 6.07) is 6.96. The molecule has 84 valence electrons. The molecular formula is C11H14Cl2O2. The van der Waals surface area contributed by atoms with Gasteiger partial charge in [-0.2, -0.15) is 0 Å². The normalized spacial score (nSPS) is 13.8. The predicted molar refractivity (Wildman–Crippen MR) is 64.0 cm³/mol. The predicted octanol–water partition coefficient (Wildman–Crippen LogP) is 3.51. The van der Waals surface area contributed by atoms with Gasteiger partial charge in [-0.15, -0.1) is 12.4 Å². The Labute approximate surface area is 101 Å². The standard InChI is InChI=1S/C11H13ClO2.ClH/c1-3-11(2,10(13)14)8-4-6-9(12)7-5-8;/h4-7H,3H2,1-2H3,(H,13,14);1H/t11-;/m0./s1. The summed E-state index contributed by atoms with van der Waals surface area (Å²) in [5, 5.41) is 9.75. The second kappa shape index (κ2) is 5.38. The van der Waals surface area contributed by atoms with Gasteiger partial charge in [0.2, 0.25) is 0 Å². The molecule has 0 amide bonds. The number of carboxylic acid groups (broad SMARTS) is 1. The fraction of sp³-hybridized carbons (Fsp3) is 0.364. The molecule has 0 saturated heterocycles. The Balaban J connectivity index is 0.00000196. The van der Waals surface area contributed by atoms with Crippen molar-refractivity contribution in [1.29, 1.82) is 0 Å². The fourth-order valence-electron chi connectivity index (χ4n) is 1.30. The van der Waals surface area contributed by atoms with E-state index in [1.807, 2.05) is 6.92 Å². The zero-order valence-electron chi connectivity index (χ0n) is 8.66. The average molecular weight is 249 g/mol. The van der Waals surface area contributed by atoms with Crippen LogP contribution < -0.4 is 0 Å². The quantitative estimate of drug-likeness (QED) is 0.889. The highest BCUT2D eigenvalue weighted by Gasteiger charge is 2.32. The van der Waals surface area contributed by atoms with Gasteiger partial charge in [0.05, 0.1) is 5.41 Å². The summed E-state index contributed by atoms with van der Waals surface area (Å²) in [5.74, 6) is -0.803. The van der Waals surface area contributed by atoms with Gasteiger partial charge in [-0.1, -0.05) is 30.7 Å². The number of hydrogen-bond donors (Lipinski definition) is 1. The molecule has 0 fully saturated rings. The molecule has 0 aliphatic carbocycles. The lowest BCUT2D eigenvalue weighted by Gasteiger charge is -2.23. The van der Waals surface area contributed by atoms with Crippen molar-refractivity contribution in [2.45, 2.75) is 25.7 Å². The van der Waals surface area contributed by atoms with Crippen molar-refractivity contribution < 1.29 is 9.90 Å². The highest BCUT2D eigenvalue weighted by atomic mass is 35.5. The highest BCUT2D eigenvalue weighted by molar-refractivity contribution is 6.30. The van der Waals surface area contributed by atoms with Crippen LogP contribution in [0, 0.1) is 0 Å². The van der Waals surface area contributed by atoms with E-state index in [2.05, 4.69) is 0 Å². The Morgan fingerprint density at radius 3 is 2.20 bits per heavy atom. The van der Waals surface area contributed by atoms with E-state index < -0.39 is 11.4 Å². The number of carboxylic acids is 1. The van der Waals surface area contributed by atoms with E-state index in [4.69, 9.17) is 16.7 Å². The molecule has 1 aromatic carbocycles. The monoisotopic (exact) mass is 248 g/mol. The fourth-order valence-corrected chi connectivity index (χ4v) is 1.42. The van der Waals surface area contributed by atoms with Crippen LogP contribution in [-0.2, 0) is 10.2 Å². The van der Waals surface area contributed by atoms with Gasteiger partial charge < -0.3 is 5.11 Å². The summed E-state index contributed by atoms with van der Waals surface area (Å²) in [6.07, 6.45) is 0.559. The Morgan fingerprint density at radius 1 is 1.40 bits per heavy atom. The van der Waals surface area contributed by atoms with Gasteiger partial charge in [-0.05, 0) is 31.0 Å². The maximum Gasteiger partial charge on any atom is 0.313 e. The summed E-state index contributed by atoms with van der Waals surface area (Å²) < 4.78 is 0. The second-order valence-electron chi connectivity index (χ2n) is 3.50. The van der Waals surface area contributed by atoms with Crippen molar-refractivity contribution in [2.75, 3.05) is 0 Å². The molecule has 0 aliphatic rings. The average Bonchev–Trinajstić information content (AvgIpc) is 2.17. The van der Waals surface area contributed by atoms with Crippen molar-refractivity contribution in [2.24, 2.45) is 0 Å². The summed E-state index contributed by atoms with van der Waals surface area (Å²) in [6.45, 7) is 3.58. The van der Waals surface area contributed by atoms with E-state index >= 15 is 0 Å². The third kappa shape index (κ3) is 2.86. The van der Waals surface area contributed by atoms with Crippen molar-refractivity contribution in [1.82, 2.24) is 0 Å². The zero-order chi connectivity index (χ0) is 10.8. The molecule has 4 heteroatoms. The van der Waals surface area contributed by atoms with Crippen LogP contribution >= 0.6 is 24.0 Å². The first kappa shape index (κ1) is 14.3. The topological polar surface area (TPSA) is 37.3 Å². The van der Waals surface area contributed by atoms with Crippen molar-refractivity contribution >= 4 is 30.0 Å². The number of aliphatic carboxylic acids is 1. The number of halogens is 2. The second-order valence-corrected chi connectivity index (χ2v) is 3.93. The maximum absolute atomic E-state index is 11.1. The number of carbonyl (C=O) groups is 1. The molecule has 1 rings (SSSR count). The molecule has 15 heavy (non-hydrogen) atoms. The van der Waals surface area contributed by atoms with Crippen molar-refractivity contribution in [3.63, 3.8) is 0 Å².